The number of aliphatic hydroxyl groups is 2. The van der Waals surface area contributed by atoms with E-state index in [2.05, 4.69) is 20.9 Å². The standard InChI is InChI=1S/C26H30N6O5/c33-12-8-31(9-13-34)16-17-4-6-18(7-5-17)23-22-24(29-28-23)19-2-1-3-20(21(19)25(22)35)27-26(36)30-32-10-14-37-15-11-32/h1-7,33-34H,8-16H2,(H,28,29)(H2,27,30,36). The molecular formula is C26H30N6O5. The smallest absolute Gasteiger partial charge is 0.333 e. The molecule has 1 fully saturated rings. The van der Waals surface area contributed by atoms with Crippen molar-refractivity contribution in [3.8, 4) is 22.5 Å². The number of urea groups is 1. The summed E-state index contributed by atoms with van der Waals surface area (Å²) in [6.45, 7) is 3.87. The van der Waals surface area contributed by atoms with Gasteiger partial charge >= 0.3 is 6.03 Å². The zero-order valence-corrected chi connectivity index (χ0v) is 20.4. The van der Waals surface area contributed by atoms with Gasteiger partial charge < -0.3 is 20.3 Å². The number of ether oxygens (including phenoxy) is 1. The number of aliphatic hydroxyl groups excluding tert-OH is 2. The molecule has 1 aliphatic carbocycles. The molecule has 11 heteroatoms. The van der Waals surface area contributed by atoms with Gasteiger partial charge in [0.2, 0.25) is 0 Å². The number of carbonyl (C=O) groups is 2. The SMILES string of the molecule is O=C(Nc1cccc2c1C(=O)c1c(-c3ccc(CN(CCO)CCO)cc3)n[nH]c1-2)NN1CCOCC1. The van der Waals surface area contributed by atoms with Crippen LogP contribution in [-0.4, -0.2) is 94.7 Å². The zero-order valence-electron chi connectivity index (χ0n) is 20.4. The van der Waals surface area contributed by atoms with Crippen LogP contribution in [0.5, 0.6) is 0 Å². The van der Waals surface area contributed by atoms with Crippen LogP contribution >= 0.6 is 0 Å². The van der Waals surface area contributed by atoms with Crippen molar-refractivity contribution < 1.29 is 24.5 Å². The van der Waals surface area contributed by atoms with Crippen LogP contribution in [0.2, 0.25) is 0 Å². The van der Waals surface area contributed by atoms with Gasteiger partial charge in [0, 0.05) is 43.9 Å². The molecule has 2 amide bonds. The summed E-state index contributed by atoms with van der Waals surface area (Å²) in [7, 11) is 0. The van der Waals surface area contributed by atoms with E-state index in [-0.39, 0.29) is 19.0 Å². The number of hydrogen-bond donors (Lipinski definition) is 5. The number of hydrogen-bond acceptors (Lipinski definition) is 8. The molecular weight excluding hydrogens is 476 g/mol. The van der Waals surface area contributed by atoms with E-state index in [9.17, 15) is 19.8 Å². The zero-order chi connectivity index (χ0) is 25.8. The molecule has 37 heavy (non-hydrogen) atoms. The highest BCUT2D eigenvalue weighted by Crippen LogP contribution is 2.42. The Morgan fingerprint density at radius 3 is 2.49 bits per heavy atom. The lowest BCUT2D eigenvalue weighted by Crippen LogP contribution is -2.49. The normalized spacial score (nSPS) is 15.1. The molecule has 1 saturated heterocycles. The predicted octanol–water partition coefficient (Wildman–Crippen LogP) is 1.44. The second-order valence-electron chi connectivity index (χ2n) is 8.97. The van der Waals surface area contributed by atoms with Crippen molar-refractivity contribution in [3.63, 3.8) is 0 Å². The monoisotopic (exact) mass is 506 g/mol. The summed E-state index contributed by atoms with van der Waals surface area (Å²) < 4.78 is 5.30. The molecule has 0 bridgehead atoms. The summed E-state index contributed by atoms with van der Waals surface area (Å²) in [5, 5.41) is 30.5. The highest BCUT2D eigenvalue weighted by molar-refractivity contribution is 6.26. The lowest BCUT2D eigenvalue weighted by molar-refractivity contribution is 0.0207. The summed E-state index contributed by atoms with van der Waals surface area (Å²) in [4.78, 5) is 28.2. The number of aromatic amines is 1. The van der Waals surface area contributed by atoms with Gasteiger partial charge in [0.25, 0.3) is 0 Å². The van der Waals surface area contributed by atoms with Crippen LogP contribution in [0.25, 0.3) is 22.5 Å². The second-order valence-corrected chi connectivity index (χ2v) is 8.97. The first kappa shape index (κ1) is 25.1. The van der Waals surface area contributed by atoms with E-state index < -0.39 is 6.03 Å². The fourth-order valence-corrected chi connectivity index (χ4v) is 4.75. The van der Waals surface area contributed by atoms with Crippen LogP contribution < -0.4 is 10.7 Å². The van der Waals surface area contributed by atoms with Crippen molar-refractivity contribution in [3.05, 3.63) is 59.2 Å². The highest BCUT2D eigenvalue weighted by atomic mass is 16.5. The first-order valence-corrected chi connectivity index (χ1v) is 12.3. The molecule has 0 atom stereocenters. The van der Waals surface area contributed by atoms with E-state index in [1.807, 2.05) is 35.2 Å². The van der Waals surface area contributed by atoms with Gasteiger partial charge in [0.05, 0.1) is 48.9 Å². The third-order valence-electron chi connectivity index (χ3n) is 6.54. The largest absolute Gasteiger partial charge is 0.395 e. The quantitative estimate of drug-likeness (QED) is 0.230. The van der Waals surface area contributed by atoms with E-state index >= 15 is 0 Å². The van der Waals surface area contributed by atoms with E-state index in [0.717, 1.165) is 11.1 Å². The van der Waals surface area contributed by atoms with Gasteiger partial charge in [-0.25, -0.2) is 9.80 Å². The Morgan fingerprint density at radius 1 is 1.05 bits per heavy atom. The van der Waals surface area contributed by atoms with E-state index in [1.165, 1.54) is 0 Å². The summed E-state index contributed by atoms with van der Waals surface area (Å²) in [5.41, 5.74) is 7.84. The predicted molar refractivity (Wildman–Crippen MR) is 137 cm³/mol. The van der Waals surface area contributed by atoms with E-state index in [4.69, 9.17) is 4.74 Å². The summed E-state index contributed by atoms with van der Waals surface area (Å²) in [6.07, 6.45) is 0. The van der Waals surface area contributed by atoms with Crippen molar-refractivity contribution in [1.29, 1.82) is 0 Å². The Balaban J connectivity index is 1.34. The maximum absolute atomic E-state index is 13.6. The van der Waals surface area contributed by atoms with Crippen molar-refractivity contribution >= 4 is 17.5 Å². The molecule has 0 radical (unpaired) electrons. The lowest BCUT2D eigenvalue weighted by atomic mass is 10.0. The van der Waals surface area contributed by atoms with Gasteiger partial charge in [-0.1, -0.05) is 36.4 Å². The lowest BCUT2D eigenvalue weighted by Gasteiger charge is -2.27. The first-order valence-electron chi connectivity index (χ1n) is 12.3. The van der Waals surface area contributed by atoms with Gasteiger partial charge in [0.1, 0.15) is 5.69 Å². The Labute approximate surface area is 214 Å². The molecule has 5 N–H and O–H groups in total. The summed E-state index contributed by atoms with van der Waals surface area (Å²) >= 11 is 0. The number of rotatable bonds is 9. The average Bonchev–Trinajstić information content (AvgIpc) is 3.46. The minimum Gasteiger partial charge on any atom is -0.395 e. The van der Waals surface area contributed by atoms with E-state index in [0.29, 0.717) is 79.7 Å². The Kier molecular flexibility index (Phi) is 7.58. The van der Waals surface area contributed by atoms with Crippen LogP contribution in [0.1, 0.15) is 21.5 Å². The number of hydrazine groups is 1. The number of carbonyl (C=O) groups excluding carboxylic acids is 2. The van der Waals surface area contributed by atoms with Gasteiger partial charge in [-0.05, 0) is 11.6 Å². The number of nitrogens with zero attached hydrogens (tertiary/aromatic N) is 3. The van der Waals surface area contributed by atoms with Gasteiger partial charge in [-0.2, -0.15) is 5.10 Å². The Bertz CT molecular complexity index is 1260. The third-order valence-corrected chi connectivity index (χ3v) is 6.54. The van der Waals surface area contributed by atoms with Crippen molar-refractivity contribution in [2.75, 3.05) is 57.9 Å². The fourth-order valence-electron chi connectivity index (χ4n) is 4.75. The van der Waals surface area contributed by atoms with Crippen molar-refractivity contribution in [2.45, 2.75) is 6.54 Å². The first-order chi connectivity index (χ1) is 18.1. The second kappa shape index (κ2) is 11.2. The molecule has 5 rings (SSSR count). The maximum Gasteiger partial charge on any atom is 0.333 e. The molecule has 11 nitrogen and oxygen atoms in total. The Morgan fingerprint density at radius 2 is 1.78 bits per heavy atom. The molecule has 1 aliphatic heterocycles. The van der Waals surface area contributed by atoms with Crippen molar-refractivity contribution in [1.82, 2.24) is 25.5 Å². The Hall–Kier alpha value is -3.61. The van der Waals surface area contributed by atoms with Crippen LogP contribution in [-0.2, 0) is 11.3 Å². The summed E-state index contributed by atoms with van der Waals surface area (Å²) in [6, 6.07) is 12.7. The third kappa shape index (κ3) is 5.26. The molecule has 0 unspecified atom stereocenters. The number of benzene rings is 2. The highest BCUT2D eigenvalue weighted by Gasteiger charge is 2.35. The maximum atomic E-state index is 13.6. The molecule has 2 aliphatic rings. The summed E-state index contributed by atoms with van der Waals surface area (Å²) in [5.74, 6) is -0.197. The molecule has 3 aromatic rings. The van der Waals surface area contributed by atoms with Crippen molar-refractivity contribution in [2.24, 2.45) is 0 Å². The number of aromatic nitrogens is 2. The van der Waals surface area contributed by atoms with E-state index in [1.54, 1.807) is 17.1 Å². The van der Waals surface area contributed by atoms with Crippen LogP contribution in [0.15, 0.2) is 42.5 Å². The molecule has 0 saturated carbocycles. The number of H-pyrrole nitrogens is 1. The topological polar surface area (TPSA) is 143 Å². The van der Waals surface area contributed by atoms with Crippen LogP contribution in [0.3, 0.4) is 0 Å². The number of nitrogens with one attached hydrogen (secondary N) is 3. The number of ketones is 1. The molecule has 2 heterocycles. The molecule has 1 aromatic heterocycles. The number of anilines is 1. The minimum atomic E-state index is -0.413. The van der Waals surface area contributed by atoms with Gasteiger partial charge in [0.15, 0.2) is 5.78 Å². The molecule has 2 aromatic carbocycles. The fraction of sp³-hybridized carbons (Fsp3) is 0.346. The van der Waals surface area contributed by atoms with Crippen LogP contribution in [0, 0.1) is 0 Å². The molecule has 0 spiro atoms. The minimum absolute atomic E-state index is 0.0197. The number of amides is 2. The van der Waals surface area contributed by atoms with Gasteiger partial charge in [-0.3, -0.25) is 20.2 Å². The number of morpholine rings is 1. The number of fused-ring (bicyclic) bond motifs is 3. The molecule has 194 valence electrons. The van der Waals surface area contributed by atoms with Gasteiger partial charge in [-0.15, -0.1) is 0 Å². The average molecular weight is 507 g/mol. The van der Waals surface area contributed by atoms with Crippen LogP contribution in [0.4, 0.5) is 10.5 Å².